The van der Waals surface area contributed by atoms with Crippen LogP contribution in [0.4, 0.5) is 10.1 Å². The van der Waals surface area contributed by atoms with E-state index < -0.39 is 5.82 Å². The summed E-state index contributed by atoms with van der Waals surface area (Å²) < 4.78 is 15.1. The Kier molecular flexibility index (Phi) is 2.62. The maximum absolute atomic E-state index is 13.5. The summed E-state index contributed by atoms with van der Waals surface area (Å²) in [5.74, 6) is 5.19. The van der Waals surface area contributed by atoms with Crippen LogP contribution in [0.25, 0.3) is 5.65 Å². The fourth-order valence-corrected chi connectivity index (χ4v) is 1.68. The number of imidazole rings is 1. The lowest BCUT2D eigenvalue weighted by molar-refractivity contribution is 0.624. The molecule has 19 heavy (non-hydrogen) atoms. The molecule has 3 aromatic rings. The van der Waals surface area contributed by atoms with Gasteiger partial charge in [0, 0.05) is 11.9 Å². The van der Waals surface area contributed by atoms with Gasteiger partial charge in [-0.05, 0) is 36.3 Å². The number of nitrogens with zero attached hydrogens (tertiary/aromatic N) is 3. The van der Waals surface area contributed by atoms with Gasteiger partial charge in [0.15, 0.2) is 5.65 Å². The molecule has 0 aliphatic carbocycles. The molecule has 0 atom stereocenters. The van der Waals surface area contributed by atoms with Crippen molar-refractivity contribution in [2.75, 3.05) is 5.73 Å². The molecule has 0 unspecified atom stereocenters. The molecule has 0 amide bonds. The molecule has 0 bridgehead atoms. The van der Waals surface area contributed by atoms with Crippen LogP contribution >= 0.6 is 0 Å². The van der Waals surface area contributed by atoms with Crippen LogP contribution in [0.2, 0.25) is 0 Å². The van der Waals surface area contributed by atoms with Crippen LogP contribution in [0.5, 0.6) is 0 Å². The molecule has 1 aromatic carbocycles. The van der Waals surface area contributed by atoms with Crippen LogP contribution in [0.15, 0.2) is 42.7 Å². The van der Waals surface area contributed by atoms with Crippen molar-refractivity contribution in [2.24, 2.45) is 0 Å². The molecule has 0 fully saturated rings. The Morgan fingerprint density at radius 1 is 1.21 bits per heavy atom. The Hall–Kier alpha value is -2.87. The van der Waals surface area contributed by atoms with Crippen LogP contribution < -0.4 is 5.73 Å². The van der Waals surface area contributed by atoms with Gasteiger partial charge in [0.1, 0.15) is 11.5 Å². The van der Waals surface area contributed by atoms with Crippen molar-refractivity contribution >= 4 is 11.3 Å². The number of hydrogen-bond donors (Lipinski definition) is 1. The normalized spacial score (nSPS) is 10.2. The highest BCUT2D eigenvalue weighted by atomic mass is 19.1. The van der Waals surface area contributed by atoms with Gasteiger partial charge < -0.3 is 5.73 Å². The number of benzene rings is 1. The summed E-state index contributed by atoms with van der Waals surface area (Å²) in [7, 11) is 0. The largest absolute Gasteiger partial charge is 0.399 e. The Labute approximate surface area is 108 Å². The van der Waals surface area contributed by atoms with Gasteiger partial charge in [0.25, 0.3) is 0 Å². The van der Waals surface area contributed by atoms with Crippen LogP contribution in [0.3, 0.4) is 0 Å². The number of nitrogen functional groups attached to an aromatic ring is 1. The number of nitrogens with two attached hydrogens (primary N) is 1. The molecule has 92 valence electrons. The quantitative estimate of drug-likeness (QED) is 0.490. The van der Waals surface area contributed by atoms with Crippen LogP contribution in [0, 0.1) is 17.7 Å². The third-order valence-corrected chi connectivity index (χ3v) is 2.59. The van der Waals surface area contributed by atoms with E-state index in [0.29, 0.717) is 17.0 Å². The molecular formula is C14H9FN4. The summed E-state index contributed by atoms with van der Waals surface area (Å²) >= 11 is 0. The Morgan fingerprint density at radius 2 is 2.11 bits per heavy atom. The first-order chi connectivity index (χ1) is 9.24. The van der Waals surface area contributed by atoms with E-state index in [4.69, 9.17) is 5.73 Å². The lowest BCUT2D eigenvalue weighted by atomic mass is 10.2. The first kappa shape index (κ1) is 11.2. The van der Waals surface area contributed by atoms with E-state index in [9.17, 15) is 4.39 Å². The van der Waals surface area contributed by atoms with E-state index in [1.165, 1.54) is 18.2 Å². The molecule has 0 spiro atoms. The predicted octanol–water partition coefficient (Wildman–Crippen LogP) is 1.85. The fourth-order valence-electron chi connectivity index (χ4n) is 1.68. The third kappa shape index (κ3) is 2.11. The molecule has 0 radical (unpaired) electrons. The van der Waals surface area contributed by atoms with Gasteiger partial charge in [-0.3, -0.25) is 0 Å². The van der Waals surface area contributed by atoms with Crippen LogP contribution in [0.1, 0.15) is 11.3 Å². The molecule has 2 aromatic heterocycles. The van der Waals surface area contributed by atoms with Crippen molar-refractivity contribution in [1.82, 2.24) is 14.6 Å². The summed E-state index contributed by atoms with van der Waals surface area (Å²) in [6.45, 7) is 0. The highest BCUT2D eigenvalue weighted by Crippen LogP contribution is 2.11. The molecule has 0 aliphatic heterocycles. The SMILES string of the molecule is Nc1ccc(F)c(C#Cc2cnc3cccnn23)c1. The summed E-state index contributed by atoms with van der Waals surface area (Å²) in [6.07, 6.45) is 3.24. The maximum atomic E-state index is 13.5. The van der Waals surface area contributed by atoms with Crippen molar-refractivity contribution in [1.29, 1.82) is 0 Å². The lowest BCUT2D eigenvalue weighted by Gasteiger charge is -1.96. The molecule has 0 saturated heterocycles. The molecular weight excluding hydrogens is 243 g/mol. The van der Waals surface area contributed by atoms with Gasteiger partial charge in [-0.2, -0.15) is 5.10 Å². The smallest absolute Gasteiger partial charge is 0.154 e. The zero-order chi connectivity index (χ0) is 13.2. The summed E-state index contributed by atoms with van der Waals surface area (Å²) in [5, 5.41) is 4.13. The number of fused-ring (bicyclic) bond motifs is 1. The monoisotopic (exact) mass is 252 g/mol. The molecule has 5 heteroatoms. The second-order valence-electron chi connectivity index (χ2n) is 3.93. The van der Waals surface area contributed by atoms with Gasteiger partial charge in [-0.25, -0.2) is 13.9 Å². The van der Waals surface area contributed by atoms with E-state index in [0.717, 1.165) is 0 Å². The second kappa shape index (κ2) is 4.42. The minimum absolute atomic E-state index is 0.255. The first-order valence-electron chi connectivity index (χ1n) is 5.60. The van der Waals surface area contributed by atoms with Crippen LogP contribution in [-0.2, 0) is 0 Å². The number of anilines is 1. The number of rotatable bonds is 0. The third-order valence-electron chi connectivity index (χ3n) is 2.59. The highest BCUT2D eigenvalue weighted by molar-refractivity contribution is 5.50. The van der Waals surface area contributed by atoms with Gasteiger partial charge in [-0.1, -0.05) is 5.92 Å². The predicted molar refractivity (Wildman–Crippen MR) is 69.8 cm³/mol. The zero-order valence-electron chi connectivity index (χ0n) is 9.84. The number of aromatic nitrogens is 3. The van der Waals surface area contributed by atoms with Crippen molar-refractivity contribution in [3.8, 4) is 11.8 Å². The van der Waals surface area contributed by atoms with E-state index in [1.54, 1.807) is 23.0 Å². The summed E-state index contributed by atoms with van der Waals surface area (Å²) in [4.78, 5) is 4.15. The molecule has 0 saturated carbocycles. The number of halogens is 1. The summed E-state index contributed by atoms with van der Waals surface area (Å²) in [5.41, 5.74) is 7.62. The zero-order valence-corrected chi connectivity index (χ0v) is 9.84. The highest BCUT2D eigenvalue weighted by Gasteiger charge is 2.01. The minimum Gasteiger partial charge on any atom is -0.399 e. The Balaban J connectivity index is 2.06. The maximum Gasteiger partial charge on any atom is 0.154 e. The average molecular weight is 252 g/mol. The average Bonchev–Trinajstić information content (AvgIpc) is 2.83. The van der Waals surface area contributed by atoms with E-state index in [-0.39, 0.29) is 5.56 Å². The van der Waals surface area contributed by atoms with E-state index in [2.05, 4.69) is 21.9 Å². The fraction of sp³-hybridized carbons (Fsp3) is 0. The van der Waals surface area contributed by atoms with Crippen molar-refractivity contribution in [3.63, 3.8) is 0 Å². The van der Waals surface area contributed by atoms with Crippen LogP contribution in [-0.4, -0.2) is 14.6 Å². The molecule has 2 heterocycles. The molecule has 0 aliphatic rings. The van der Waals surface area contributed by atoms with E-state index in [1.807, 2.05) is 6.07 Å². The Bertz CT molecular complexity index is 811. The topological polar surface area (TPSA) is 56.2 Å². The van der Waals surface area contributed by atoms with E-state index >= 15 is 0 Å². The summed E-state index contributed by atoms with van der Waals surface area (Å²) in [6, 6.07) is 7.90. The minimum atomic E-state index is -0.400. The molecule has 4 nitrogen and oxygen atoms in total. The van der Waals surface area contributed by atoms with Gasteiger partial charge in [-0.15, -0.1) is 0 Å². The van der Waals surface area contributed by atoms with Gasteiger partial charge in [0.05, 0.1) is 11.8 Å². The Morgan fingerprint density at radius 3 is 3.00 bits per heavy atom. The van der Waals surface area contributed by atoms with Crippen molar-refractivity contribution < 1.29 is 4.39 Å². The van der Waals surface area contributed by atoms with Gasteiger partial charge in [0.2, 0.25) is 0 Å². The molecule has 3 rings (SSSR count). The van der Waals surface area contributed by atoms with Gasteiger partial charge >= 0.3 is 0 Å². The molecule has 2 N–H and O–H groups in total. The van der Waals surface area contributed by atoms with Crippen molar-refractivity contribution in [2.45, 2.75) is 0 Å². The number of hydrogen-bond acceptors (Lipinski definition) is 3. The standard InChI is InChI=1S/C14H9FN4/c15-13-6-4-11(16)8-10(13)3-5-12-9-17-14-2-1-7-18-19(12)14/h1-2,4,6-9H,16H2. The van der Waals surface area contributed by atoms with Crippen molar-refractivity contribution in [3.05, 3.63) is 59.8 Å². The first-order valence-corrected chi connectivity index (χ1v) is 5.60. The lowest BCUT2D eigenvalue weighted by Crippen LogP contribution is -1.93. The second-order valence-corrected chi connectivity index (χ2v) is 3.93.